The molecule has 3 aromatic rings. The lowest BCUT2D eigenvalue weighted by atomic mass is 9.99. The second-order valence-electron chi connectivity index (χ2n) is 4.18. The van der Waals surface area contributed by atoms with Crippen LogP contribution in [0.1, 0.15) is 6.92 Å². The van der Waals surface area contributed by atoms with E-state index in [1.54, 1.807) is 0 Å². The molecule has 3 rings (SSSR count). The standard InChI is InChI=1S/C16H14O/c1-3-17-15-10-11(2)13-8-4-6-12-7-5-9-14(15)16(12)13/h4-10H,2-3H2,1H3. The minimum Gasteiger partial charge on any atom is -0.493 e. The normalized spacial score (nSPS) is 11.1. The molecule has 0 bridgehead atoms. The first-order chi connectivity index (χ1) is 8.31. The zero-order chi connectivity index (χ0) is 11.8. The van der Waals surface area contributed by atoms with E-state index in [4.69, 9.17) is 4.74 Å². The lowest BCUT2D eigenvalue weighted by Crippen LogP contribution is -2.03. The Labute approximate surface area is 100 Å². The van der Waals surface area contributed by atoms with Crippen molar-refractivity contribution in [2.75, 3.05) is 6.61 Å². The molecule has 84 valence electrons. The third kappa shape index (κ3) is 1.47. The summed E-state index contributed by atoms with van der Waals surface area (Å²) in [7, 11) is 0. The van der Waals surface area contributed by atoms with Crippen LogP contribution < -0.4 is 9.96 Å². The van der Waals surface area contributed by atoms with Crippen molar-refractivity contribution in [2.45, 2.75) is 6.92 Å². The lowest BCUT2D eigenvalue weighted by Gasteiger charge is -2.11. The Hall–Kier alpha value is -2.02. The van der Waals surface area contributed by atoms with Crippen LogP contribution in [0.5, 0.6) is 5.75 Å². The lowest BCUT2D eigenvalue weighted by molar-refractivity contribution is 0.344. The summed E-state index contributed by atoms with van der Waals surface area (Å²) in [5, 5.41) is 5.91. The van der Waals surface area contributed by atoms with Crippen molar-refractivity contribution in [3.05, 3.63) is 47.7 Å². The van der Waals surface area contributed by atoms with Crippen molar-refractivity contribution < 1.29 is 4.74 Å². The maximum atomic E-state index is 5.70. The molecular weight excluding hydrogens is 208 g/mol. The third-order valence-corrected chi connectivity index (χ3v) is 3.12. The first-order valence-corrected chi connectivity index (χ1v) is 5.87. The number of ether oxygens (including phenoxy) is 1. The van der Waals surface area contributed by atoms with E-state index >= 15 is 0 Å². The van der Waals surface area contributed by atoms with Crippen LogP contribution in [0.3, 0.4) is 0 Å². The monoisotopic (exact) mass is 222 g/mol. The van der Waals surface area contributed by atoms with E-state index in [9.17, 15) is 0 Å². The van der Waals surface area contributed by atoms with E-state index in [0.29, 0.717) is 6.61 Å². The van der Waals surface area contributed by atoms with E-state index in [1.165, 1.54) is 21.5 Å². The predicted octanol–water partition coefficient (Wildman–Crippen LogP) is 3.52. The quantitative estimate of drug-likeness (QED) is 0.644. The average Bonchev–Trinajstić information content (AvgIpc) is 2.35. The SMILES string of the molecule is C=c1cc(OCC)c2cccc3cccc1c32. The van der Waals surface area contributed by atoms with Crippen LogP contribution in [0, 0.1) is 0 Å². The van der Waals surface area contributed by atoms with Gasteiger partial charge in [-0.05, 0) is 29.0 Å². The van der Waals surface area contributed by atoms with Gasteiger partial charge >= 0.3 is 0 Å². The van der Waals surface area contributed by atoms with Crippen molar-refractivity contribution in [2.24, 2.45) is 0 Å². The fraction of sp³-hybridized carbons (Fsp3) is 0.125. The molecule has 0 saturated heterocycles. The molecule has 17 heavy (non-hydrogen) atoms. The fourth-order valence-electron chi connectivity index (χ4n) is 2.40. The molecule has 0 saturated carbocycles. The highest BCUT2D eigenvalue weighted by Gasteiger charge is 2.07. The number of hydrogen-bond acceptors (Lipinski definition) is 1. The molecule has 0 unspecified atom stereocenters. The predicted molar refractivity (Wildman–Crippen MR) is 73.4 cm³/mol. The molecule has 1 heteroatoms. The summed E-state index contributed by atoms with van der Waals surface area (Å²) >= 11 is 0. The Morgan fingerprint density at radius 1 is 1.06 bits per heavy atom. The van der Waals surface area contributed by atoms with E-state index < -0.39 is 0 Å². The van der Waals surface area contributed by atoms with Gasteiger partial charge in [0, 0.05) is 10.8 Å². The van der Waals surface area contributed by atoms with Crippen molar-refractivity contribution >= 4 is 28.1 Å². The first-order valence-electron chi connectivity index (χ1n) is 5.87. The molecule has 0 radical (unpaired) electrons. The van der Waals surface area contributed by atoms with E-state index in [1.807, 2.05) is 13.0 Å². The average molecular weight is 222 g/mol. The van der Waals surface area contributed by atoms with Gasteiger partial charge in [-0.2, -0.15) is 0 Å². The maximum Gasteiger partial charge on any atom is 0.127 e. The van der Waals surface area contributed by atoms with Gasteiger partial charge in [-0.3, -0.25) is 0 Å². The molecule has 3 aromatic carbocycles. The molecule has 0 aromatic heterocycles. The van der Waals surface area contributed by atoms with Gasteiger partial charge in [-0.1, -0.05) is 43.0 Å². The fourth-order valence-corrected chi connectivity index (χ4v) is 2.40. The van der Waals surface area contributed by atoms with Crippen LogP contribution in [-0.2, 0) is 0 Å². The Kier molecular flexibility index (Phi) is 2.25. The second kappa shape index (κ2) is 3.77. The highest BCUT2D eigenvalue weighted by Crippen LogP contribution is 2.30. The minimum absolute atomic E-state index is 0.678. The summed E-state index contributed by atoms with van der Waals surface area (Å²) in [5.41, 5.74) is 0. The molecule has 0 aliphatic heterocycles. The highest BCUT2D eigenvalue weighted by molar-refractivity contribution is 6.12. The van der Waals surface area contributed by atoms with Gasteiger partial charge in [-0.25, -0.2) is 0 Å². The summed E-state index contributed by atoms with van der Waals surface area (Å²) in [6, 6.07) is 14.7. The Morgan fingerprint density at radius 3 is 2.47 bits per heavy atom. The summed E-state index contributed by atoms with van der Waals surface area (Å²) in [5.74, 6) is 0.932. The van der Waals surface area contributed by atoms with Crippen molar-refractivity contribution in [3.8, 4) is 5.75 Å². The van der Waals surface area contributed by atoms with Crippen LogP contribution in [0.2, 0.25) is 0 Å². The number of rotatable bonds is 2. The second-order valence-corrected chi connectivity index (χ2v) is 4.18. The van der Waals surface area contributed by atoms with Gasteiger partial charge in [0.25, 0.3) is 0 Å². The molecule has 1 nitrogen and oxygen atoms in total. The van der Waals surface area contributed by atoms with Crippen molar-refractivity contribution in [1.29, 1.82) is 0 Å². The summed E-state index contributed by atoms with van der Waals surface area (Å²) in [4.78, 5) is 0. The van der Waals surface area contributed by atoms with Crippen LogP contribution >= 0.6 is 0 Å². The molecule has 0 aliphatic carbocycles. The summed E-state index contributed by atoms with van der Waals surface area (Å²) < 4.78 is 5.70. The van der Waals surface area contributed by atoms with Gasteiger partial charge in [-0.15, -0.1) is 0 Å². The largest absolute Gasteiger partial charge is 0.493 e. The first kappa shape index (κ1) is 10.2. The van der Waals surface area contributed by atoms with Crippen molar-refractivity contribution in [1.82, 2.24) is 0 Å². The van der Waals surface area contributed by atoms with Crippen LogP contribution in [-0.4, -0.2) is 6.61 Å². The molecule has 0 aliphatic rings. The molecular formula is C16H14O. The Bertz CT molecular complexity index is 723. The number of hydrogen-bond donors (Lipinski definition) is 0. The topological polar surface area (TPSA) is 9.23 Å². The van der Waals surface area contributed by atoms with Gasteiger partial charge < -0.3 is 4.74 Å². The van der Waals surface area contributed by atoms with Crippen LogP contribution in [0.4, 0.5) is 0 Å². The van der Waals surface area contributed by atoms with Gasteiger partial charge in [0.1, 0.15) is 5.75 Å². The molecule has 0 N–H and O–H groups in total. The Balaban J connectivity index is 2.55. The third-order valence-electron chi connectivity index (χ3n) is 3.12. The minimum atomic E-state index is 0.678. The van der Waals surface area contributed by atoms with Gasteiger partial charge in [0.2, 0.25) is 0 Å². The number of benzene rings is 3. The zero-order valence-electron chi connectivity index (χ0n) is 9.86. The molecule has 0 spiro atoms. The van der Waals surface area contributed by atoms with Crippen LogP contribution in [0.25, 0.3) is 28.1 Å². The Morgan fingerprint density at radius 2 is 1.76 bits per heavy atom. The zero-order valence-corrected chi connectivity index (χ0v) is 9.86. The van der Waals surface area contributed by atoms with Crippen molar-refractivity contribution in [3.63, 3.8) is 0 Å². The maximum absolute atomic E-state index is 5.70. The molecule has 0 heterocycles. The molecule has 0 fully saturated rings. The molecule has 0 amide bonds. The summed E-state index contributed by atoms with van der Waals surface area (Å²) in [6.45, 7) is 6.80. The van der Waals surface area contributed by atoms with Gasteiger partial charge in [0.05, 0.1) is 6.61 Å². The molecule has 0 atom stereocenters. The highest BCUT2D eigenvalue weighted by atomic mass is 16.5. The van der Waals surface area contributed by atoms with Gasteiger partial charge in [0.15, 0.2) is 0 Å². The van der Waals surface area contributed by atoms with E-state index in [2.05, 4.69) is 43.0 Å². The van der Waals surface area contributed by atoms with E-state index in [0.717, 1.165) is 11.0 Å². The van der Waals surface area contributed by atoms with Crippen LogP contribution in [0.15, 0.2) is 42.5 Å². The van der Waals surface area contributed by atoms with E-state index in [-0.39, 0.29) is 0 Å². The summed E-state index contributed by atoms with van der Waals surface area (Å²) in [6.07, 6.45) is 0. The smallest absolute Gasteiger partial charge is 0.127 e.